The van der Waals surface area contributed by atoms with Gasteiger partial charge in [0, 0.05) is 44.2 Å². The van der Waals surface area contributed by atoms with Crippen molar-refractivity contribution in [2.24, 2.45) is 4.99 Å². The summed E-state index contributed by atoms with van der Waals surface area (Å²) < 4.78 is 43.1. The maximum absolute atomic E-state index is 12.5. The smallest absolute Gasteiger partial charge is 0.434 e. The molecule has 0 aliphatic rings. The zero-order valence-corrected chi connectivity index (χ0v) is 16.0. The van der Waals surface area contributed by atoms with Crippen LogP contribution in [0.25, 0.3) is 0 Å². The topological polar surface area (TPSA) is 71.4 Å². The van der Waals surface area contributed by atoms with Crippen molar-refractivity contribution in [3.63, 3.8) is 0 Å². The highest BCUT2D eigenvalue weighted by Crippen LogP contribution is 2.29. The van der Waals surface area contributed by atoms with E-state index in [1.54, 1.807) is 13.2 Å². The third-order valence-corrected chi connectivity index (χ3v) is 4.32. The van der Waals surface area contributed by atoms with E-state index in [0.717, 1.165) is 28.7 Å². The van der Waals surface area contributed by atoms with Crippen molar-refractivity contribution < 1.29 is 17.9 Å². The lowest BCUT2D eigenvalue weighted by Gasteiger charge is -2.11. The van der Waals surface area contributed by atoms with E-state index in [9.17, 15) is 13.2 Å². The fourth-order valence-electron chi connectivity index (χ4n) is 2.06. The van der Waals surface area contributed by atoms with Crippen LogP contribution in [0.5, 0.6) is 5.88 Å². The summed E-state index contributed by atoms with van der Waals surface area (Å²) in [6.45, 7) is 3.59. The fourth-order valence-corrected chi connectivity index (χ4v) is 2.86. The van der Waals surface area contributed by atoms with Crippen LogP contribution in [0, 0.1) is 0 Å². The first kappa shape index (κ1) is 20.9. The highest BCUT2D eigenvalue weighted by Gasteiger charge is 2.33. The molecule has 0 aromatic carbocycles. The van der Waals surface area contributed by atoms with Crippen LogP contribution >= 0.6 is 11.3 Å². The van der Waals surface area contributed by atoms with Gasteiger partial charge in [0.05, 0.1) is 11.6 Å². The van der Waals surface area contributed by atoms with E-state index in [1.165, 1.54) is 0 Å². The summed E-state index contributed by atoms with van der Waals surface area (Å²) in [5.41, 5.74) is 0.111. The van der Waals surface area contributed by atoms with Gasteiger partial charge in [-0.25, -0.2) is 9.97 Å². The van der Waals surface area contributed by atoms with Crippen molar-refractivity contribution in [2.45, 2.75) is 32.5 Å². The highest BCUT2D eigenvalue weighted by molar-refractivity contribution is 7.09. The summed E-state index contributed by atoms with van der Waals surface area (Å²) >= 11 is 1.00. The van der Waals surface area contributed by atoms with Gasteiger partial charge in [0.2, 0.25) is 5.88 Å². The minimum Gasteiger partial charge on any atom is -0.478 e. The molecule has 2 heterocycles. The molecule has 0 unspecified atom stereocenters. The van der Waals surface area contributed by atoms with Crippen LogP contribution in [-0.4, -0.2) is 36.1 Å². The number of halogens is 3. The van der Waals surface area contributed by atoms with Crippen LogP contribution in [-0.2, 0) is 19.1 Å². The van der Waals surface area contributed by atoms with Crippen molar-refractivity contribution in [2.75, 3.05) is 20.2 Å². The van der Waals surface area contributed by atoms with Gasteiger partial charge in [-0.1, -0.05) is 13.0 Å². The number of alkyl halides is 3. The van der Waals surface area contributed by atoms with Gasteiger partial charge < -0.3 is 15.4 Å². The molecule has 6 nitrogen and oxygen atoms in total. The molecule has 0 saturated carbocycles. The Morgan fingerprint density at radius 2 is 2.11 bits per heavy atom. The van der Waals surface area contributed by atoms with E-state index in [-0.39, 0.29) is 0 Å². The Morgan fingerprint density at radius 1 is 1.30 bits per heavy atom. The lowest BCUT2D eigenvalue weighted by molar-refractivity contribution is -0.140. The van der Waals surface area contributed by atoms with Crippen LogP contribution in [0.15, 0.2) is 28.7 Å². The molecule has 27 heavy (non-hydrogen) atoms. The number of rotatable bonds is 8. The second-order valence-electron chi connectivity index (χ2n) is 5.58. The van der Waals surface area contributed by atoms with Crippen LogP contribution in [0.1, 0.15) is 29.6 Å². The molecule has 0 aliphatic carbocycles. The summed E-state index contributed by atoms with van der Waals surface area (Å²) in [5.74, 6) is 1.14. The standard InChI is InChI=1S/C17H22F3N5OS/c1-3-8-26-14-5-4-12(9-23-14)10-24-16(21-2)22-7-6-15-25-13(11-27-15)17(18,19)20/h4-5,9,11H,3,6-8,10H2,1-2H3,(H2,21,22,24). The average molecular weight is 401 g/mol. The summed E-state index contributed by atoms with van der Waals surface area (Å²) in [7, 11) is 1.63. The Hall–Kier alpha value is -2.36. The fraction of sp³-hybridized carbons (Fsp3) is 0.471. The molecule has 0 spiro atoms. The van der Waals surface area contributed by atoms with Gasteiger partial charge in [-0.3, -0.25) is 4.99 Å². The zero-order valence-electron chi connectivity index (χ0n) is 15.1. The van der Waals surface area contributed by atoms with Crippen LogP contribution < -0.4 is 15.4 Å². The van der Waals surface area contributed by atoms with Crippen molar-refractivity contribution in [3.8, 4) is 5.88 Å². The first-order valence-electron chi connectivity index (χ1n) is 8.46. The monoisotopic (exact) mass is 401 g/mol. The van der Waals surface area contributed by atoms with Gasteiger partial charge in [-0.2, -0.15) is 13.2 Å². The molecule has 0 bridgehead atoms. The molecular weight excluding hydrogens is 379 g/mol. The number of nitrogens with zero attached hydrogens (tertiary/aromatic N) is 3. The minimum atomic E-state index is -4.40. The predicted octanol–water partition coefficient (Wildman–Crippen LogP) is 3.25. The third kappa shape index (κ3) is 7.05. The first-order valence-corrected chi connectivity index (χ1v) is 9.34. The van der Waals surface area contributed by atoms with E-state index < -0.39 is 11.9 Å². The lowest BCUT2D eigenvalue weighted by atomic mass is 10.3. The number of hydrogen-bond donors (Lipinski definition) is 2. The van der Waals surface area contributed by atoms with Crippen molar-refractivity contribution >= 4 is 17.3 Å². The number of aliphatic imine (C=N–C) groups is 1. The number of hydrogen-bond acceptors (Lipinski definition) is 5. The SMILES string of the molecule is CCCOc1ccc(CNC(=NC)NCCc2nc(C(F)(F)F)cs2)cn1. The Balaban J connectivity index is 1.75. The summed E-state index contributed by atoms with van der Waals surface area (Å²) in [6, 6.07) is 3.72. The van der Waals surface area contributed by atoms with E-state index in [1.807, 2.05) is 19.1 Å². The first-order chi connectivity index (χ1) is 12.9. The van der Waals surface area contributed by atoms with Gasteiger partial charge in [-0.15, -0.1) is 11.3 Å². The summed E-state index contributed by atoms with van der Waals surface area (Å²) in [6.07, 6.45) is -1.37. The molecule has 0 amide bonds. The van der Waals surface area contributed by atoms with Crippen molar-refractivity contribution in [3.05, 3.63) is 40.0 Å². The molecule has 10 heteroatoms. The van der Waals surface area contributed by atoms with E-state index in [0.29, 0.717) is 43.0 Å². The molecule has 2 N–H and O–H groups in total. The lowest BCUT2D eigenvalue weighted by Crippen LogP contribution is -2.37. The number of nitrogens with one attached hydrogen (secondary N) is 2. The van der Waals surface area contributed by atoms with E-state index in [2.05, 4.69) is 25.6 Å². The molecule has 2 aromatic rings. The zero-order chi connectivity index (χ0) is 19.7. The van der Waals surface area contributed by atoms with Crippen molar-refractivity contribution in [1.82, 2.24) is 20.6 Å². The minimum absolute atomic E-state index is 0.381. The Morgan fingerprint density at radius 3 is 2.70 bits per heavy atom. The number of ether oxygens (including phenoxy) is 1. The van der Waals surface area contributed by atoms with Gasteiger partial charge in [0.25, 0.3) is 0 Å². The molecule has 148 valence electrons. The van der Waals surface area contributed by atoms with Gasteiger partial charge in [-0.05, 0) is 12.0 Å². The second-order valence-corrected chi connectivity index (χ2v) is 6.52. The number of thiazole rings is 1. The molecule has 0 atom stereocenters. The molecular formula is C17H22F3N5OS. The van der Waals surface area contributed by atoms with Crippen LogP contribution in [0.4, 0.5) is 13.2 Å². The third-order valence-electron chi connectivity index (χ3n) is 3.41. The van der Waals surface area contributed by atoms with Crippen molar-refractivity contribution in [1.29, 1.82) is 0 Å². The van der Waals surface area contributed by atoms with E-state index in [4.69, 9.17) is 4.74 Å². The number of pyridine rings is 1. The Bertz CT molecular complexity index is 731. The van der Waals surface area contributed by atoms with Crippen LogP contribution in [0.3, 0.4) is 0 Å². The number of aromatic nitrogens is 2. The predicted molar refractivity (Wildman–Crippen MR) is 99.0 cm³/mol. The second kappa shape index (κ2) is 10.1. The average Bonchev–Trinajstić information content (AvgIpc) is 3.13. The Labute approximate surface area is 159 Å². The largest absolute Gasteiger partial charge is 0.478 e. The normalized spacial score (nSPS) is 12.1. The number of guanidine groups is 1. The molecule has 0 saturated heterocycles. The van der Waals surface area contributed by atoms with Gasteiger partial charge >= 0.3 is 6.18 Å². The quantitative estimate of drug-likeness (QED) is 0.525. The molecule has 2 aromatic heterocycles. The van der Waals surface area contributed by atoms with Gasteiger partial charge in [0.15, 0.2) is 11.7 Å². The molecule has 0 aliphatic heterocycles. The summed E-state index contributed by atoms with van der Waals surface area (Å²) in [4.78, 5) is 11.9. The molecule has 0 fully saturated rings. The highest BCUT2D eigenvalue weighted by atomic mass is 32.1. The molecule has 2 rings (SSSR count). The Kier molecular flexibility index (Phi) is 7.83. The van der Waals surface area contributed by atoms with Crippen LogP contribution in [0.2, 0.25) is 0 Å². The maximum Gasteiger partial charge on any atom is 0.434 e. The summed E-state index contributed by atoms with van der Waals surface area (Å²) in [5, 5.41) is 7.64. The van der Waals surface area contributed by atoms with E-state index >= 15 is 0 Å². The maximum atomic E-state index is 12.5. The van der Waals surface area contributed by atoms with Gasteiger partial charge in [0.1, 0.15) is 0 Å². The molecule has 0 radical (unpaired) electrons.